The number of hydrogen-bond donors (Lipinski definition) is 2. The number of nitro benzene ring substituents is 1. The van der Waals surface area contributed by atoms with Gasteiger partial charge in [-0.05, 0) is 18.2 Å². The van der Waals surface area contributed by atoms with Crippen molar-refractivity contribution >= 4 is 34.9 Å². The molecular weight excluding hydrogens is 424 g/mol. The second kappa shape index (κ2) is 9.20. The highest BCUT2D eigenvalue weighted by Crippen LogP contribution is 2.33. The van der Waals surface area contributed by atoms with E-state index in [9.17, 15) is 24.5 Å². The number of amides is 4. The largest absolute Gasteiger partial charge is 0.495 e. The maximum Gasteiger partial charge on any atom is 0.328 e. The number of rotatable bonds is 7. The van der Waals surface area contributed by atoms with Crippen LogP contribution in [0.5, 0.6) is 17.2 Å². The van der Waals surface area contributed by atoms with E-state index in [1.54, 1.807) is 0 Å². The molecule has 1 aliphatic rings. The van der Waals surface area contributed by atoms with Gasteiger partial charge in [0.05, 0.1) is 37.6 Å². The van der Waals surface area contributed by atoms with Gasteiger partial charge in [-0.15, -0.1) is 0 Å². The number of ether oxygens (including phenoxy) is 3. The molecule has 32 heavy (non-hydrogen) atoms. The van der Waals surface area contributed by atoms with Crippen molar-refractivity contribution in [1.82, 2.24) is 5.32 Å². The number of anilines is 2. The Labute approximate surface area is 182 Å². The minimum atomic E-state index is -1.29. The van der Waals surface area contributed by atoms with Crippen LogP contribution in [0.15, 0.2) is 36.4 Å². The Morgan fingerprint density at radius 1 is 1.06 bits per heavy atom. The third kappa shape index (κ3) is 4.24. The fraction of sp³-hybridized carbons (Fsp3) is 0.250. The van der Waals surface area contributed by atoms with Crippen molar-refractivity contribution < 1.29 is 33.5 Å². The van der Waals surface area contributed by atoms with Gasteiger partial charge in [0.15, 0.2) is 11.5 Å². The number of carbonyl (C=O) groups excluding carboxylic acids is 3. The summed E-state index contributed by atoms with van der Waals surface area (Å²) in [6.07, 6.45) is 0. The summed E-state index contributed by atoms with van der Waals surface area (Å²) in [5.74, 6) is -1.97. The lowest BCUT2D eigenvalue weighted by Crippen LogP contribution is -2.58. The van der Waals surface area contributed by atoms with Crippen LogP contribution >= 0.6 is 0 Å². The highest BCUT2D eigenvalue weighted by molar-refractivity contribution is 6.23. The summed E-state index contributed by atoms with van der Waals surface area (Å²) >= 11 is 0. The van der Waals surface area contributed by atoms with Crippen molar-refractivity contribution in [2.45, 2.75) is 0 Å². The molecule has 1 heterocycles. The first-order valence-corrected chi connectivity index (χ1v) is 9.27. The maximum atomic E-state index is 13.0. The summed E-state index contributed by atoms with van der Waals surface area (Å²) in [5, 5.41) is 16.0. The van der Waals surface area contributed by atoms with Gasteiger partial charge in [-0.1, -0.05) is 0 Å². The van der Waals surface area contributed by atoms with Gasteiger partial charge in [0.2, 0.25) is 11.8 Å². The molecule has 2 N–H and O–H groups in total. The van der Waals surface area contributed by atoms with E-state index in [0.717, 1.165) is 11.0 Å². The molecule has 0 radical (unpaired) electrons. The number of nitrogens with one attached hydrogen (secondary N) is 2. The van der Waals surface area contributed by atoms with E-state index in [0.29, 0.717) is 11.5 Å². The molecule has 2 aromatic rings. The number of nitrogens with zero attached hydrogens (tertiary/aromatic N) is 2. The molecule has 12 heteroatoms. The lowest BCUT2D eigenvalue weighted by molar-refractivity contribution is -0.384. The van der Waals surface area contributed by atoms with Crippen LogP contribution in [-0.4, -0.2) is 50.6 Å². The number of nitro groups is 1. The zero-order valence-electron chi connectivity index (χ0n) is 17.4. The lowest BCUT2D eigenvalue weighted by Gasteiger charge is -2.31. The van der Waals surface area contributed by atoms with Crippen molar-refractivity contribution in [2.75, 3.05) is 38.1 Å². The van der Waals surface area contributed by atoms with Crippen molar-refractivity contribution in [3.63, 3.8) is 0 Å². The molecule has 2 aromatic carbocycles. The van der Waals surface area contributed by atoms with Crippen LogP contribution in [-0.2, 0) is 9.59 Å². The number of hydrogen-bond acceptors (Lipinski definition) is 8. The molecule has 3 rings (SSSR count). The van der Waals surface area contributed by atoms with Crippen LogP contribution in [0.4, 0.5) is 21.9 Å². The minimum absolute atomic E-state index is 0.0223. The van der Waals surface area contributed by atoms with Crippen LogP contribution in [0, 0.1) is 16.0 Å². The lowest BCUT2D eigenvalue weighted by atomic mass is 10.0. The summed E-state index contributed by atoms with van der Waals surface area (Å²) in [6, 6.07) is 7.39. The molecule has 1 aliphatic heterocycles. The predicted molar refractivity (Wildman–Crippen MR) is 112 cm³/mol. The number of methoxy groups -OCH3 is 3. The average molecular weight is 444 g/mol. The van der Waals surface area contributed by atoms with Crippen molar-refractivity contribution in [3.05, 3.63) is 46.5 Å². The SMILES string of the molecule is COc1ccc([N+](=O)[O-])cc1NC(=O)C1CNC(=O)N(c2ccc(OC)c(OC)c2)C1=O. The molecule has 0 saturated carbocycles. The Morgan fingerprint density at radius 3 is 2.34 bits per heavy atom. The topological polar surface area (TPSA) is 149 Å². The molecule has 12 nitrogen and oxygen atoms in total. The highest BCUT2D eigenvalue weighted by Gasteiger charge is 2.40. The average Bonchev–Trinajstić information content (AvgIpc) is 2.78. The van der Waals surface area contributed by atoms with E-state index in [-0.39, 0.29) is 29.4 Å². The Bertz CT molecular complexity index is 1090. The molecule has 1 fully saturated rings. The van der Waals surface area contributed by atoms with Crippen LogP contribution < -0.4 is 29.7 Å². The highest BCUT2D eigenvalue weighted by atomic mass is 16.6. The van der Waals surface area contributed by atoms with Crippen LogP contribution in [0.3, 0.4) is 0 Å². The fourth-order valence-corrected chi connectivity index (χ4v) is 3.15. The van der Waals surface area contributed by atoms with Crippen LogP contribution in [0.25, 0.3) is 0 Å². The zero-order valence-corrected chi connectivity index (χ0v) is 17.4. The molecule has 0 bridgehead atoms. The first-order valence-electron chi connectivity index (χ1n) is 9.27. The number of urea groups is 1. The third-order valence-corrected chi connectivity index (χ3v) is 4.77. The Kier molecular flexibility index (Phi) is 6.42. The van der Waals surface area contributed by atoms with Gasteiger partial charge in [-0.25, -0.2) is 9.69 Å². The molecule has 1 unspecified atom stereocenters. The summed E-state index contributed by atoms with van der Waals surface area (Å²) in [4.78, 5) is 49.5. The maximum absolute atomic E-state index is 13.0. The van der Waals surface area contributed by atoms with E-state index < -0.39 is 28.7 Å². The normalized spacial score (nSPS) is 15.6. The summed E-state index contributed by atoms with van der Waals surface area (Å²) in [6.45, 7) is -0.246. The standard InChI is InChI=1S/C20H20N4O8/c1-30-15-6-5-12(24(28)29)8-14(15)22-18(25)13-10-21-20(27)23(19(13)26)11-4-7-16(31-2)17(9-11)32-3/h4-9,13H,10H2,1-3H3,(H,21,27)(H,22,25). The summed E-state index contributed by atoms with van der Waals surface area (Å²) < 4.78 is 15.5. The van der Waals surface area contributed by atoms with Crippen molar-refractivity contribution in [3.8, 4) is 17.2 Å². The number of imide groups is 1. The van der Waals surface area contributed by atoms with E-state index in [4.69, 9.17) is 14.2 Å². The van der Waals surface area contributed by atoms with Crippen molar-refractivity contribution in [1.29, 1.82) is 0 Å². The van der Waals surface area contributed by atoms with Crippen molar-refractivity contribution in [2.24, 2.45) is 5.92 Å². The van der Waals surface area contributed by atoms with Gasteiger partial charge < -0.3 is 24.8 Å². The second-order valence-corrected chi connectivity index (χ2v) is 6.58. The third-order valence-electron chi connectivity index (χ3n) is 4.77. The molecule has 1 atom stereocenters. The van der Waals surface area contributed by atoms with Gasteiger partial charge in [-0.2, -0.15) is 0 Å². The van der Waals surface area contributed by atoms with Crippen LogP contribution in [0.2, 0.25) is 0 Å². The molecular formula is C20H20N4O8. The number of carbonyl (C=O) groups is 3. The zero-order chi connectivity index (χ0) is 23.4. The quantitative estimate of drug-likeness (QED) is 0.374. The summed E-state index contributed by atoms with van der Waals surface area (Å²) in [5.41, 5.74) is -0.0685. The Morgan fingerprint density at radius 2 is 1.72 bits per heavy atom. The van der Waals surface area contributed by atoms with E-state index in [1.165, 1.54) is 51.7 Å². The van der Waals surface area contributed by atoms with Gasteiger partial charge in [0.1, 0.15) is 11.7 Å². The van der Waals surface area contributed by atoms with Gasteiger partial charge >= 0.3 is 6.03 Å². The monoisotopic (exact) mass is 444 g/mol. The molecule has 0 aliphatic carbocycles. The first kappa shape index (κ1) is 22.3. The Balaban J connectivity index is 1.88. The first-order chi connectivity index (χ1) is 15.3. The fourth-order valence-electron chi connectivity index (χ4n) is 3.15. The molecule has 0 aromatic heterocycles. The second-order valence-electron chi connectivity index (χ2n) is 6.58. The minimum Gasteiger partial charge on any atom is -0.495 e. The van der Waals surface area contributed by atoms with Gasteiger partial charge in [0.25, 0.3) is 5.69 Å². The Hall–Kier alpha value is -4.35. The van der Waals surface area contributed by atoms with E-state index in [1.807, 2.05) is 0 Å². The number of non-ortho nitro benzene ring substituents is 1. The number of benzene rings is 2. The predicted octanol–water partition coefficient (Wildman–Crippen LogP) is 1.93. The summed E-state index contributed by atoms with van der Waals surface area (Å²) in [7, 11) is 4.18. The smallest absolute Gasteiger partial charge is 0.328 e. The molecule has 1 saturated heterocycles. The van der Waals surface area contributed by atoms with Crippen LogP contribution in [0.1, 0.15) is 0 Å². The van der Waals surface area contributed by atoms with E-state index >= 15 is 0 Å². The van der Waals surface area contributed by atoms with E-state index in [2.05, 4.69) is 10.6 Å². The molecule has 168 valence electrons. The molecule has 4 amide bonds. The molecule has 0 spiro atoms. The van der Waals surface area contributed by atoms with Gasteiger partial charge in [-0.3, -0.25) is 19.7 Å². The van der Waals surface area contributed by atoms with Gasteiger partial charge in [0, 0.05) is 24.7 Å².